The van der Waals surface area contributed by atoms with Crippen LogP contribution in [0.1, 0.15) is 22.5 Å². The summed E-state index contributed by atoms with van der Waals surface area (Å²) in [7, 11) is 0. The van der Waals surface area contributed by atoms with E-state index in [-0.39, 0.29) is 17.1 Å². The first-order chi connectivity index (χ1) is 11.0. The van der Waals surface area contributed by atoms with E-state index >= 15 is 0 Å². The first kappa shape index (κ1) is 14.8. The van der Waals surface area contributed by atoms with Crippen molar-refractivity contribution in [1.29, 1.82) is 0 Å². The molecule has 3 rings (SSSR count). The third kappa shape index (κ3) is 3.23. The third-order valence-electron chi connectivity index (χ3n) is 3.11. The van der Waals surface area contributed by atoms with E-state index in [0.29, 0.717) is 16.7 Å². The summed E-state index contributed by atoms with van der Waals surface area (Å²) in [4.78, 5) is 18.7. The van der Waals surface area contributed by atoms with Crippen molar-refractivity contribution >= 4 is 16.9 Å². The Hall–Kier alpha value is -3.09. The van der Waals surface area contributed by atoms with Crippen molar-refractivity contribution in [1.82, 2.24) is 9.97 Å². The minimum absolute atomic E-state index is 0.0459. The van der Waals surface area contributed by atoms with Gasteiger partial charge in [-0.1, -0.05) is 6.07 Å². The molecule has 116 valence electrons. The zero-order valence-electron chi connectivity index (χ0n) is 11.6. The monoisotopic (exact) mass is 316 g/mol. The van der Waals surface area contributed by atoms with E-state index in [0.717, 1.165) is 6.20 Å². The minimum Gasteiger partial charge on any atom is -0.477 e. The number of aromatic nitrogens is 2. The van der Waals surface area contributed by atoms with Crippen LogP contribution in [0.4, 0.5) is 8.78 Å². The van der Waals surface area contributed by atoms with Crippen molar-refractivity contribution < 1.29 is 23.4 Å². The van der Waals surface area contributed by atoms with Crippen LogP contribution in [0.2, 0.25) is 0 Å². The molecule has 0 bridgehead atoms. The molecule has 1 N–H and O–H groups in total. The maximum Gasteiger partial charge on any atom is 0.354 e. The fourth-order valence-electron chi connectivity index (χ4n) is 1.99. The fourth-order valence-corrected chi connectivity index (χ4v) is 1.99. The van der Waals surface area contributed by atoms with Crippen LogP contribution in [0.25, 0.3) is 10.9 Å². The van der Waals surface area contributed by atoms with Gasteiger partial charge in [-0.2, -0.15) is 0 Å². The van der Waals surface area contributed by atoms with Crippen LogP contribution in [0, 0.1) is 0 Å². The second-order valence-electron chi connectivity index (χ2n) is 4.69. The molecule has 0 amide bonds. The van der Waals surface area contributed by atoms with Gasteiger partial charge in [-0.3, -0.25) is 0 Å². The van der Waals surface area contributed by atoms with Crippen molar-refractivity contribution in [2.75, 3.05) is 0 Å². The highest BCUT2D eigenvalue weighted by Crippen LogP contribution is 2.25. The topological polar surface area (TPSA) is 72.3 Å². The predicted molar refractivity (Wildman–Crippen MR) is 78.0 cm³/mol. The standard InChI is InChI=1S/C16H10F2N2O3/c17-15(18)10-2-6-14(19-8-10)23-11-3-5-12-9(7-11)1-4-13(20-12)16(21)22/h1-8,15H,(H,21,22). The number of carboxylic acid groups (broad SMARTS) is 1. The summed E-state index contributed by atoms with van der Waals surface area (Å²) in [6.07, 6.45) is -1.52. The normalized spacial score (nSPS) is 10.9. The Morgan fingerprint density at radius 3 is 2.61 bits per heavy atom. The van der Waals surface area contributed by atoms with Crippen LogP contribution in [-0.2, 0) is 0 Å². The summed E-state index contributed by atoms with van der Waals surface area (Å²) in [5, 5.41) is 9.60. The lowest BCUT2D eigenvalue weighted by Gasteiger charge is -2.07. The van der Waals surface area contributed by atoms with Gasteiger partial charge in [0.1, 0.15) is 11.4 Å². The molecule has 0 saturated heterocycles. The number of benzene rings is 1. The lowest BCUT2D eigenvalue weighted by Crippen LogP contribution is -1.99. The quantitative estimate of drug-likeness (QED) is 0.786. The zero-order chi connectivity index (χ0) is 16.4. The van der Waals surface area contributed by atoms with Crippen molar-refractivity contribution in [2.45, 2.75) is 6.43 Å². The molecule has 0 unspecified atom stereocenters. The van der Waals surface area contributed by atoms with E-state index in [1.54, 1.807) is 24.3 Å². The number of fused-ring (bicyclic) bond motifs is 1. The van der Waals surface area contributed by atoms with Gasteiger partial charge in [0.15, 0.2) is 0 Å². The first-order valence-electron chi connectivity index (χ1n) is 6.59. The molecule has 0 spiro atoms. The van der Waals surface area contributed by atoms with E-state index in [2.05, 4.69) is 9.97 Å². The van der Waals surface area contributed by atoms with Crippen LogP contribution >= 0.6 is 0 Å². The van der Waals surface area contributed by atoms with Crippen molar-refractivity contribution in [3.8, 4) is 11.6 Å². The smallest absolute Gasteiger partial charge is 0.354 e. The molecule has 1 aromatic carbocycles. The number of pyridine rings is 2. The van der Waals surface area contributed by atoms with Gasteiger partial charge < -0.3 is 9.84 Å². The molecule has 2 aromatic heterocycles. The van der Waals surface area contributed by atoms with Gasteiger partial charge >= 0.3 is 5.97 Å². The minimum atomic E-state index is -2.58. The molecule has 2 heterocycles. The van der Waals surface area contributed by atoms with E-state index in [1.165, 1.54) is 18.2 Å². The highest BCUT2D eigenvalue weighted by molar-refractivity contribution is 5.90. The molecule has 0 aliphatic rings. The summed E-state index contributed by atoms with van der Waals surface area (Å²) >= 11 is 0. The molecule has 0 aliphatic heterocycles. The average Bonchev–Trinajstić information content (AvgIpc) is 2.54. The van der Waals surface area contributed by atoms with E-state index in [1.807, 2.05) is 0 Å². The van der Waals surface area contributed by atoms with Crippen molar-refractivity contribution in [2.24, 2.45) is 0 Å². The van der Waals surface area contributed by atoms with E-state index in [9.17, 15) is 13.6 Å². The number of carboxylic acids is 1. The highest BCUT2D eigenvalue weighted by Gasteiger charge is 2.09. The Morgan fingerprint density at radius 2 is 1.96 bits per heavy atom. The largest absolute Gasteiger partial charge is 0.477 e. The lowest BCUT2D eigenvalue weighted by atomic mass is 10.2. The maximum absolute atomic E-state index is 12.5. The number of halogens is 2. The van der Waals surface area contributed by atoms with Crippen LogP contribution in [0.5, 0.6) is 11.6 Å². The number of ether oxygens (including phenoxy) is 1. The Balaban J connectivity index is 1.85. The van der Waals surface area contributed by atoms with Crippen LogP contribution in [-0.4, -0.2) is 21.0 Å². The van der Waals surface area contributed by atoms with Crippen LogP contribution in [0.3, 0.4) is 0 Å². The Morgan fingerprint density at radius 1 is 1.13 bits per heavy atom. The summed E-state index contributed by atoms with van der Waals surface area (Å²) in [6.45, 7) is 0. The number of hydrogen-bond acceptors (Lipinski definition) is 4. The molecular weight excluding hydrogens is 306 g/mol. The van der Waals surface area contributed by atoms with Crippen LogP contribution < -0.4 is 4.74 Å². The second kappa shape index (κ2) is 5.96. The fraction of sp³-hybridized carbons (Fsp3) is 0.0625. The average molecular weight is 316 g/mol. The first-order valence-corrected chi connectivity index (χ1v) is 6.59. The summed E-state index contributed by atoms with van der Waals surface area (Å²) in [5.74, 6) is -0.473. The van der Waals surface area contributed by atoms with Crippen molar-refractivity contribution in [3.05, 3.63) is 59.9 Å². The Labute approximate surface area is 129 Å². The Bertz CT molecular complexity index is 867. The summed E-state index contributed by atoms with van der Waals surface area (Å²) < 4.78 is 30.4. The summed E-state index contributed by atoms with van der Waals surface area (Å²) in [5.41, 5.74) is 0.287. The number of rotatable bonds is 4. The highest BCUT2D eigenvalue weighted by atomic mass is 19.3. The molecule has 0 fully saturated rings. The molecule has 3 aromatic rings. The molecule has 0 atom stereocenters. The molecule has 0 aliphatic carbocycles. The molecule has 23 heavy (non-hydrogen) atoms. The van der Waals surface area contributed by atoms with Gasteiger partial charge in [0, 0.05) is 23.2 Å². The number of alkyl halides is 2. The number of hydrogen-bond donors (Lipinski definition) is 1. The predicted octanol–water partition coefficient (Wildman–Crippen LogP) is 4.06. The molecular formula is C16H10F2N2O3. The third-order valence-corrected chi connectivity index (χ3v) is 3.11. The number of carbonyl (C=O) groups is 1. The van der Waals surface area contributed by atoms with Crippen LogP contribution in [0.15, 0.2) is 48.7 Å². The van der Waals surface area contributed by atoms with Gasteiger partial charge in [-0.25, -0.2) is 23.5 Å². The Kier molecular flexibility index (Phi) is 3.84. The number of aromatic carboxylic acids is 1. The van der Waals surface area contributed by atoms with Crippen molar-refractivity contribution in [3.63, 3.8) is 0 Å². The maximum atomic E-state index is 12.5. The zero-order valence-corrected chi connectivity index (χ0v) is 11.6. The molecule has 7 heteroatoms. The second-order valence-corrected chi connectivity index (χ2v) is 4.69. The molecule has 5 nitrogen and oxygen atoms in total. The van der Waals surface area contributed by atoms with Gasteiger partial charge in [0.05, 0.1) is 5.52 Å². The van der Waals surface area contributed by atoms with E-state index < -0.39 is 12.4 Å². The van der Waals surface area contributed by atoms with Gasteiger partial charge in [0.2, 0.25) is 5.88 Å². The van der Waals surface area contributed by atoms with E-state index in [4.69, 9.17) is 9.84 Å². The van der Waals surface area contributed by atoms with Gasteiger partial charge in [0.25, 0.3) is 6.43 Å². The van der Waals surface area contributed by atoms with Gasteiger partial charge in [-0.15, -0.1) is 0 Å². The molecule has 0 radical (unpaired) electrons. The molecule has 0 saturated carbocycles. The summed E-state index contributed by atoms with van der Waals surface area (Å²) in [6, 6.07) is 10.5. The lowest BCUT2D eigenvalue weighted by molar-refractivity contribution is 0.0691. The van der Waals surface area contributed by atoms with Gasteiger partial charge in [-0.05, 0) is 30.3 Å². The SMILES string of the molecule is O=C(O)c1ccc2cc(Oc3ccc(C(F)F)cn3)ccc2n1. The number of nitrogens with zero attached hydrogens (tertiary/aromatic N) is 2.